The van der Waals surface area contributed by atoms with Crippen LogP contribution in [0.4, 0.5) is 0 Å². The number of nitrogens with zero attached hydrogens (tertiary/aromatic N) is 2. The summed E-state index contributed by atoms with van der Waals surface area (Å²) in [5.74, 6) is 0.723. The number of hydrogen-bond donors (Lipinski definition) is 2. The van der Waals surface area contributed by atoms with Gasteiger partial charge in [-0.1, -0.05) is 6.42 Å². The van der Waals surface area contributed by atoms with Gasteiger partial charge in [-0.3, -0.25) is 4.79 Å². The number of hydrogen-bond acceptors (Lipinski definition) is 3. The van der Waals surface area contributed by atoms with Gasteiger partial charge in [-0.2, -0.15) is 0 Å². The zero-order valence-electron chi connectivity index (χ0n) is 13.9. The molecule has 0 unspecified atom stereocenters. The van der Waals surface area contributed by atoms with Crippen molar-refractivity contribution in [3.05, 3.63) is 0 Å². The van der Waals surface area contributed by atoms with E-state index in [0.29, 0.717) is 5.41 Å². The van der Waals surface area contributed by atoms with Gasteiger partial charge in [0.05, 0.1) is 0 Å². The number of ether oxygens (including phenoxy) is 1. The molecule has 2 N–H and O–H groups in total. The monoisotopic (exact) mass is 298 g/mol. The van der Waals surface area contributed by atoms with Gasteiger partial charge < -0.3 is 20.3 Å². The van der Waals surface area contributed by atoms with Crippen LogP contribution in [0.25, 0.3) is 0 Å². The molecule has 1 fully saturated rings. The average molecular weight is 298 g/mol. The Balaban J connectivity index is 2.49. The number of carbonyl (C=O) groups is 1. The molecule has 21 heavy (non-hydrogen) atoms. The van der Waals surface area contributed by atoms with Crippen LogP contribution < -0.4 is 10.6 Å². The maximum atomic E-state index is 11.6. The molecule has 0 aromatic heterocycles. The van der Waals surface area contributed by atoms with E-state index in [4.69, 9.17) is 4.74 Å². The van der Waals surface area contributed by atoms with Gasteiger partial charge in [0.1, 0.15) is 6.54 Å². The van der Waals surface area contributed by atoms with Gasteiger partial charge in [0.15, 0.2) is 5.96 Å². The minimum Gasteiger partial charge on any atom is -0.385 e. The molecule has 0 bridgehead atoms. The lowest BCUT2D eigenvalue weighted by molar-refractivity contribution is -0.127. The molecule has 0 heterocycles. The molecule has 1 aliphatic carbocycles. The van der Waals surface area contributed by atoms with Crippen LogP contribution in [0.15, 0.2) is 4.99 Å². The van der Waals surface area contributed by atoms with Crippen molar-refractivity contribution in [1.82, 2.24) is 15.5 Å². The molecular weight excluding hydrogens is 268 g/mol. The fourth-order valence-electron chi connectivity index (χ4n) is 2.41. The third-order valence-electron chi connectivity index (χ3n) is 4.10. The highest BCUT2D eigenvalue weighted by atomic mass is 16.5. The summed E-state index contributed by atoms with van der Waals surface area (Å²) in [5.41, 5.74) is 0.331. The Hall–Kier alpha value is -1.30. The highest BCUT2D eigenvalue weighted by Gasteiger charge is 2.36. The van der Waals surface area contributed by atoms with Gasteiger partial charge in [-0.15, -0.1) is 0 Å². The molecule has 0 aliphatic heterocycles. The molecule has 0 saturated heterocycles. The van der Waals surface area contributed by atoms with Crippen LogP contribution >= 0.6 is 0 Å². The molecule has 1 aliphatic rings. The molecule has 0 spiro atoms. The Kier molecular flexibility index (Phi) is 7.50. The largest absolute Gasteiger partial charge is 0.385 e. The van der Waals surface area contributed by atoms with Crippen LogP contribution in [0, 0.1) is 5.41 Å². The Morgan fingerprint density at radius 1 is 1.33 bits per heavy atom. The summed E-state index contributed by atoms with van der Waals surface area (Å²) in [4.78, 5) is 17.5. The van der Waals surface area contributed by atoms with Crippen LogP contribution in [0.3, 0.4) is 0 Å². The molecule has 0 radical (unpaired) electrons. The van der Waals surface area contributed by atoms with E-state index in [2.05, 4.69) is 15.6 Å². The van der Waals surface area contributed by atoms with E-state index in [9.17, 15) is 4.79 Å². The second-order valence-electron chi connectivity index (χ2n) is 5.93. The predicted octanol–water partition coefficient (Wildman–Crippen LogP) is 0.837. The zero-order chi connectivity index (χ0) is 15.7. The van der Waals surface area contributed by atoms with Crippen molar-refractivity contribution < 1.29 is 9.53 Å². The third kappa shape index (κ3) is 5.91. The van der Waals surface area contributed by atoms with Crippen molar-refractivity contribution >= 4 is 11.9 Å². The van der Waals surface area contributed by atoms with Gasteiger partial charge in [0, 0.05) is 40.9 Å². The number of rotatable bonds is 8. The standard InChI is InChI=1S/C15H30N4O2/c1-5-16-14(17-11-13(20)19(2)3)18-12-15(7-6-8-15)9-10-21-4/h5-12H2,1-4H3,(H2,16,17,18). The first-order chi connectivity index (χ1) is 10.0. The minimum absolute atomic E-state index is 0.00458. The zero-order valence-corrected chi connectivity index (χ0v) is 13.9. The fourth-order valence-corrected chi connectivity index (χ4v) is 2.41. The molecule has 0 aromatic rings. The van der Waals surface area contributed by atoms with E-state index in [1.54, 1.807) is 26.1 Å². The second-order valence-corrected chi connectivity index (χ2v) is 5.93. The van der Waals surface area contributed by atoms with Gasteiger partial charge in [-0.05, 0) is 31.6 Å². The summed E-state index contributed by atoms with van der Waals surface area (Å²) in [7, 11) is 5.23. The number of aliphatic imine (C=N–C) groups is 1. The van der Waals surface area contributed by atoms with Crippen molar-refractivity contribution in [2.75, 3.05) is 47.4 Å². The van der Waals surface area contributed by atoms with Crippen molar-refractivity contribution in [2.24, 2.45) is 10.4 Å². The molecule has 0 atom stereocenters. The summed E-state index contributed by atoms with van der Waals surface area (Å²) in [6.45, 7) is 4.67. The van der Waals surface area contributed by atoms with Crippen molar-refractivity contribution in [1.29, 1.82) is 0 Å². The highest BCUT2D eigenvalue weighted by molar-refractivity contribution is 5.84. The van der Waals surface area contributed by atoms with Crippen LogP contribution in [0.5, 0.6) is 0 Å². The Morgan fingerprint density at radius 2 is 2.05 bits per heavy atom. The SMILES string of the molecule is CCNC(=NCC(=O)N(C)C)NCC1(CCOC)CCC1. The number of methoxy groups -OCH3 is 1. The maximum Gasteiger partial charge on any atom is 0.243 e. The number of carbonyl (C=O) groups excluding carboxylic acids is 1. The second kappa shape index (κ2) is 8.87. The Labute approximate surface area is 128 Å². The first-order valence-electron chi connectivity index (χ1n) is 7.74. The lowest BCUT2D eigenvalue weighted by Gasteiger charge is -2.42. The topological polar surface area (TPSA) is 66.0 Å². The van der Waals surface area contributed by atoms with E-state index in [1.807, 2.05) is 6.92 Å². The molecule has 6 nitrogen and oxygen atoms in total. The van der Waals surface area contributed by atoms with Crippen molar-refractivity contribution in [3.63, 3.8) is 0 Å². The molecule has 6 heteroatoms. The van der Waals surface area contributed by atoms with E-state index in [-0.39, 0.29) is 12.5 Å². The van der Waals surface area contributed by atoms with Gasteiger partial charge >= 0.3 is 0 Å². The molecular formula is C15H30N4O2. The maximum absolute atomic E-state index is 11.6. The molecule has 1 rings (SSSR count). The normalized spacial score (nSPS) is 17.0. The van der Waals surface area contributed by atoms with Gasteiger partial charge in [0.2, 0.25) is 5.91 Å². The first kappa shape index (κ1) is 17.8. The van der Waals surface area contributed by atoms with Crippen LogP contribution in [0.1, 0.15) is 32.6 Å². The smallest absolute Gasteiger partial charge is 0.243 e. The summed E-state index contributed by atoms with van der Waals surface area (Å²) in [6.07, 6.45) is 4.84. The molecule has 1 saturated carbocycles. The fraction of sp³-hybridized carbons (Fsp3) is 0.867. The van der Waals surface area contributed by atoms with E-state index < -0.39 is 0 Å². The van der Waals surface area contributed by atoms with E-state index >= 15 is 0 Å². The predicted molar refractivity (Wildman–Crippen MR) is 85.5 cm³/mol. The summed E-state index contributed by atoms with van der Waals surface area (Å²) < 4.78 is 5.21. The molecule has 122 valence electrons. The first-order valence-corrected chi connectivity index (χ1v) is 7.74. The summed E-state index contributed by atoms with van der Waals surface area (Å²) in [5, 5.41) is 6.57. The van der Waals surface area contributed by atoms with Crippen LogP contribution in [0.2, 0.25) is 0 Å². The summed E-state index contributed by atoms with van der Waals surface area (Å²) >= 11 is 0. The lowest BCUT2D eigenvalue weighted by Crippen LogP contribution is -2.47. The van der Waals surface area contributed by atoms with Crippen LogP contribution in [-0.4, -0.2) is 64.2 Å². The Bertz CT molecular complexity index is 352. The number of amides is 1. The molecule has 1 amide bonds. The average Bonchev–Trinajstić information content (AvgIpc) is 2.42. The minimum atomic E-state index is 0.00458. The highest BCUT2D eigenvalue weighted by Crippen LogP contribution is 2.43. The quantitative estimate of drug-likeness (QED) is 0.515. The Morgan fingerprint density at radius 3 is 2.52 bits per heavy atom. The number of guanidine groups is 1. The number of nitrogens with one attached hydrogen (secondary N) is 2. The molecule has 0 aromatic carbocycles. The summed E-state index contributed by atoms with van der Waals surface area (Å²) in [6, 6.07) is 0. The van der Waals surface area contributed by atoms with Crippen molar-refractivity contribution in [2.45, 2.75) is 32.6 Å². The van der Waals surface area contributed by atoms with Gasteiger partial charge in [0.25, 0.3) is 0 Å². The lowest BCUT2D eigenvalue weighted by atomic mass is 9.67. The van der Waals surface area contributed by atoms with E-state index in [1.165, 1.54) is 19.3 Å². The third-order valence-corrected chi connectivity index (χ3v) is 4.10. The van der Waals surface area contributed by atoms with Crippen LogP contribution in [-0.2, 0) is 9.53 Å². The van der Waals surface area contributed by atoms with Gasteiger partial charge in [-0.25, -0.2) is 4.99 Å². The number of likely N-dealkylation sites (N-methyl/N-ethyl adjacent to an activating group) is 1. The van der Waals surface area contributed by atoms with Crippen molar-refractivity contribution in [3.8, 4) is 0 Å². The van der Waals surface area contributed by atoms with E-state index in [0.717, 1.165) is 32.1 Å².